The van der Waals surface area contributed by atoms with E-state index in [9.17, 15) is 9.90 Å². The van der Waals surface area contributed by atoms with Crippen LogP contribution in [0.3, 0.4) is 0 Å². The fourth-order valence-electron chi connectivity index (χ4n) is 4.19. The highest BCUT2D eigenvalue weighted by molar-refractivity contribution is 5.77. The van der Waals surface area contributed by atoms with Gasteiger partial charge in [-0.1, -0.05) is 54.3 Å². The monoisotopic (exact) mass is 419 g/mol. The maximum Gasteiger partial charge on any atom is 0.313 e. The molecule has 0 saturated carbocycles. The van der Waals surface area contributed by atoms with Gasteiger partial charge in [0.15, 0.2) is 0 Å². The number of carbonyl (C=O) groups is 1. The van der Waals surface area contributed by atoms with Crippen LogP contribution in [-0.2, 0) is 22.5 Å². The van der Waals surface area contributed by atoms with Crippen molar-refractivity contribution >= 4 is 5.97 Å². The summed E-state index contributed by atoms with van der Waals surface area (Å²) in [6, 6.07) is 18.4. The minimum absolute atomic E-state index is 0.0826. The first-order valence-corrected chi connectivity index (χ1v) is 11.1. The van der Waals surface area contributed by atoms with Gasteiger partial charge in [0.1, 0.15) is 5.60 Å². The third-order valence-corrected chi connectivity index (χ3v) is 5.62. The Balaban J connectivity index is 1.73. The van der Waals surface area contributed by atoms with Gasteiger partial charge in [0.2, 0.25) is 0 Å². The second-order valence-corrected chi connectivity index (χ2v) is 8.98. The fourth-order valence-corrected chi connectivity index (χ4v) is 4.19. The van der Waals surface area contributed by atoms with Gasteiger partial charge < -0.3 is 9.84 Å². The molecular weight excluding hydrogens is 386 g/mol. The van der Waals surface area contributed by atoms with E-state index < -0.39 is 11.0 Å². The van der Waals surface area contributed by atoms with Crippen molar-refractivity contribution in [2.75, 3.05) is 19.7 Å². The summed E-state index contributed by atoms with van der Waals surface area (Å²) >= 11 is 0. The second-order valence-electron chi connectivity index (χ2n) is 8.98. The van der Waals surface area contributed by atoms with Gasteiger partial charge in [0.25, 0.3) is 0 Å². The maximum atomic E-state index is 13.0. The van der Waals surface area contributed by atoms with Gasteiger partial charge in [0.05, 0.1) is 12.0 Å². The van der Waals surface area contributed by atoms with E-state index in [4.69, 9.17) is 4.74 Å². The molecule has 1 heterocycles. The zero-order valence-electron chi connectivity index (χ0n) is 18.9. The fraction of sp³-hybridized carbons (Fsp3) is 0.444. The van der Waals surface area contributed by atoms with E-state index in [1.807, 2.05) is 37.3 Å². The Morgan fingerprint density at radius 1 is 1.13 bits per heavy atom. The number of esters is 1. The third-order valence-electron chi connectivity index (χ3n) is 5.62. The van der Waals surface area contributed by atoms with Gasteiger partial charge in [-0.3, -0.25) is 9.69 Å². The summed E-state index contributed by atoms with van der Waals surface area (Å²) in [5.74, 6) is 5.77. The number of carbonyl (C=O) groups excluding carboxylic acids is 1. The quantitative estimate of drug-likeness (QED) is 0.563. The van der Waals surface area contributed by atoms with Crippen LogP contribution in [0.2, 0.25) is 0 Å². The summed E-state index contributed by atoms with van der Waals surface area (Å²) in [4.78, 5) is 15.4. The van der Waals surface area contributed by atoms with Crippen LogP contribution in [0.1, 0.15) is 50.3 Å². The van der Waals surface area contributed by atoms with Crippen LogP contribution in [0.5, 0.6) is 0 Å². The molecule has 0 aliphatic carbocycles. The number of aliphatic hydroxyl groups is 1. The molecule has 0 aromatic heterocycles. The van der Waals surface area contributed by atoms with Crippen LogP contribution in [0.25, 0.3) is 0 Å². The molecule has 2 aromatic rings. The summed E-state index contributed by atoms with van der Waals surface area (Å²) in [6.45, 7) is 8.08. The van der Waals surface area contributed by atoms with Crippen molar-refractivity contribution in [3.8, 4) is 11.8 Å². The van der Waals surface area contributed by atoms with Gasteiger partial charge >= 0.3 is 5.97 Å². The number of piperidine rings is 1. The summed E-state index contributed by atoms with van der Waals surface area (Å²) in [7, 11) is 0. The van der Waals surface area contributed by atoms with E-state index >= 15 is 0 Å². The Hall–Kier alpha value is -2.61. The van der Waals surface area contributed by atoms with Crippen molar-refractivity contribution in [1.82, 2.24) is 4.90 Å². The van der Waals surface area contributed by atoms with Crippen molar-refractivity contribution in [2.24, 2.45) is 5.41 Å². The molecule has 3 rings (SSSR count). The van der Waals surface area contributed by atoms with Crippen LogP contribution in [0.4, 0.5) is 0 Å². The van der Waals surface area contributed by atoms with Crippen LogP contribution in [0.15, 0.2) is 54.6 Å². The number of hydrogen-bond donors (Lipinski definition) is 1. The lowest BCUT2D eigenvalue weighted by molar-refractivity contribution is -0.159. The Morgan fingerprint density at radius 2 is 1.84 bits per heavy atom. The number of nitrogens with zero attached hydrogens (tertiary/aromatic N) is 1. The average Bonchev–Trinajstić information content (AvgIpc) is 2.74. The number of rotatable bonds is 6. The molecule has 0 amide bonds. The topological polar surface area (TPSA) is 49.8 Å². The van der Waals surface area contributed by atoms with Crippen molar-refractivity contribution in [2.45, 2.75) is 52.2 Å². The number of benzene rings is 2. The summed E-state index contributed by atoms with van der Waals surface area (Å²) in [5, 5.41) is 9.77. The zero-order valence-corrected chi connectivity index (χ0v) is 18.9. The molecule has 0 bridgehead atoms. The molecule has 4 nitrogen and oxygen atoms in total. The first-order chi connectivity index (χ1) is 14.8. The highest BCUT2D eigenvalue weighted by Gasteiger charge is 2.43. The summed E-state index contributed by atoms with van der Waals surface area (Å²) in [5.41, 5.74) is 1.74. The molecule has 1 N–H and O–H groups in total. The molecular formula is C27H33NO3. The van der Waals surface area contributed by atoms with Crippen LogP contribution < -0.4 is 0 Å². The first kappa shape index (κ1) is 23.1. The molecule has 1 atom stereocenters. The highest BCUT2D eigenvalue weighted by atomic mass is 16.5. The Morgan fingerprint density at radius 3 is 2.48 bits per heavy atom. The normalized spacial score (nSPS) is 19.4. The van der Waals surface area contributed by atoms with Crippen molar-refractivity contribution in [1.29, 1.82) is 0 Å². The maximum absolute atomic E-state index is 13.0. The van der Waals surface area contributed by atoms with E-state index in [0.29, 0.717) is 19.6 Å². The third kappa shape index (κ3) is 6.69. The molecule has 0 spiro atoms. The number of hydrogen-bond acceptors (Lipinski definition) is 4. The van der Waals surface area contributed by atoms with E-state index in [0.717, 1.165) is 31.5 Å². The van der Waals surface area contributed by atoms with Gasteiger partial charge in [0, 0.05) is 18.7 Å². The average molecular weight is 420 g/mol. The van der Waals surface area contributed by atoms with Gasteiger partial charge in [-0.25, -0.2) is 0 Å². The smallest absolute Gasteiger partial charge is 0.313 e. The standard InChI is InChI=1S/C27H33NO3/c1-4-31-25(29)27(19-23-9-6-5-7-10-23)16-8-18-28(21-27)20-24-13-11-22(12-14-24)15-17-26(2,3)30/h5-7,9-14,30H,4,8,16,18-21H2,1-3H3. The molecule has 31 heavy (non-hydrogen) atoms. The first-order valence-electron chi connectivity index (χ1n) is 11.1. The zero-order chi connectivity index (χ0) is 22.3. The Bertz CT molecular complexity index is 919. The largest absolute Gasteiger partial charge is 0.466 e. The SMILES string of the molecule is CCOC(=O)C1(Cc2ccccc2)CCCN(Cc2ccc(C#CC(C)(C)O)cc2)C1. The van der Waals surface area contributed by atoms with Gasteiger partial charge in [-0.2, -0.15) is 0 Å². The lowest BCUT2D eigenvalue weighted by Gasteiger charge is -2.41. The van der Waals surface area contributed by atoms with E-state index in [1.165, 1.54) is 11.1 Å². The van der Waals surface area contributed by atoms with Gasteiger partial charge in [-0.05, 0) is 69.8 Å². The van der Waals surface area contributed by atoms with Crippen molar-refractivity contribution in [3.63, 3.8) is 0 Å². The lowest BCUT2D eigenvalue weighted by atomic mass is 9.75. The molecule has 1 fully saturated rings. The molecule has 1 aliphatic heterocycles. The highest BCUT2D eigenvalue weighted by Crippen LogP contribution is 2.36. The predicted molar refractivity (Wildman–Crippen MR) is 123 cm³/mol. The molecule has 164 valence electrons. The molecule has 0 radical (unpaired) electrons. The lowest BCUT2D eigenvalue weighted by Crippen LogP contribution is -2.49. The van der Waals surface area contributed by atoms with Crippen molar-refractivity contribution in [3.05, 3.63) is 71.3 Å². The van der Waals surface area contributed by atoms with E-state index in [2.05, 4.69) is 41.0 Å². The van der Waals surface area contributed by atoms with E-state index in [1.54, 1.807) is 13.8 Å². The molecule has 1 saturated heterocycles. The summed E-state index contributed by atoms with van der Waals surface area (Å²) in [6.07, 6.45) is 2.53. The van der Waals surface area contributed by atoms with Crippen LogP contribution in [0, 0.1) is 17.3 Å². The van der Waals surface area contributed by atoms with Crippen LogP contribution in [-0.4, -0.2) is 41.3 Å². The Labute approximate surface area is 186 Å². The minimum Gasteiger partial charge on any atom is -0.466 e. The summed E-state index contributed by atoms with van der Waals surface area (Å²) < 4.78 is 5.52. The number of likely N-dealkylation sites (tertiary alicyclic amines) is 1. The molecule has 1 unspecified atom stereocenters. The van der Waals surface area contributed by atoms with E-state index in [-0.39, 0.29) is 5.97 Å². The predicted octanol–water partition coefficient (Wildman–Crippen LogP) is 4.20. The van der Waals surface area contributed by atoms with Crippen molar-refractivity contribution < 1.29 is 14.6 Å². The molecule has 2 aromatic carbocycles. The minimum atomic E-state index is -0.998. The molecule has 4 heteroatoms. The van der Waals surface area contributed by atoms with Crippen LogP contribution >= 0.6 is 0 Å². The number of ether oxygens (including phenoxy) is 1. The second kappa shape index (κ2) is 10.1. The van der Waals surface area contributed by atoms with Gasteiger partial charge in [-0.15, -0.1) is 0 Å². The molecule has 1 aliphatic rings. The Kier molecular flexibility index (Phi) is 7.54.